The van der Waals surface area contributed by atoms with Crippen molar-refractivity contribution in [2.75, 3.05) is 6.61 Å². The van der Waals surface area contributed by atoms with Gasteiger partial charge in [-0.1, -0.05) is 6.07 Å². The minimum atomic E-state index is 0.433. The van der Waals surface area contributed by atoms with E-state index < -0.39 is 0 Å². The molecule has 0 aliphatic rings. The Balaban J connectivity index is 1.89. The molecular formula is C12H12ClNOS. The van der Waals surface area contributed by atoms with E-state index in [1.54, 1.807) is 23.7 Å². The maximum atomic E-state index is 5.79. The van der Waals surface area contributed by atoms with Crippen LogP contribution < -0.4 is 4.74 Å². The number of aromatic nitrogens is 1. The highest BCUT2D eigenvalue weighted by Gasteiger charge is 2.02. The smallest absolute Gasteiger partial charge is 0.126 e. The van der Waals surface area contributed by atoms with E-state index in [0.717, 1.165) is 17.7 Å². The number of ether oxygens (including phenoxy) is 1. The van der Waals surface area contributed by atoms with Crippen molar-refractivity contribution in [2.45, 2.75) is 12.3 Å². The summed E-state index contributed by atoms with van der Waals surface area (Å²) in [5.41, 5.74) is 0.940. The van der Waals surface area contributed by atoms with Crippen LogP contribution in [0.5, 0.6) is 5.75 Å². The predicted molar refractivity (Wildman–Crippen MR) is 67.3 cm³/mol. The first-order valence-corrected chi connectivity index (χ1v) is 6.45. The number of rotatable bonds is 5. The molecule has 0 N–H and O–H groups in total. The molecule has 16 heavy (non-hydrogen) atoms. The molecule has 0 spiro atoms. The maximum absolute atomic E-state index is 5.79. The third kappa shape index (κ3) is 2.97. The van der Waals surface area contributed by atoms with E-state index in [-0.39, 0.29) is 0 Å². The lowest BCUT2D eigenvalue weighted by Crippen LogP contribution is -2.02. The summed E-state index contributed by atoms with van der Waals surface area (Å²) in [7, 11) is 0. The minimum absolute atomic E-state index is 0.433. The highest BCUT2D eigenvalue weighted by molar-refractivity contribution is 7.09. The summed E-state index contributed by atoms with van der Waals surface area (Å²) >= 11 is 7.54. The fraction of sp³-hybridized carbons (Fsp3) is 0.250. The van der Waals surface area contributed by atoms with Crippen molar-refractivity contribution in [3.8, 4) is 5.75 Å². The summed E-state index contributed by atoms with van der Waals surface area (Å²) < 4.78 is 5.68. The summed E-state index contributed by atoms with van der Waals surface area (Å²) in [4.78, 5) is 5.35. The quantitative estimate of drug-likeness (QED) is 0.761. The Hall–Kier alpha value is -1.06. The SMILES string of the molecule is ClCc1cnccc1OCCc1cccs1. The summed E-state index contributed by atoms with van der Waals surface area (Å²) in [6.45, 7) is 0.675. The molecule has 0 aliphatic heterocycles. The zero-order valence-electron chi connectivity index (χ0n) is 8.73. The lowest BCUT2D eigenvalue weighted by molar-refractivity contribution is 0.320. The van der Waals surface area contributed by atoms with E-state index in [0.29, 0.717) is 12.5 Å². The van der Waals surface area contributed by atoms with Crippen LogP contribution in [-0.4, -0.2) is 11.6 Å². The Morgan fingerprint density at radius 2 is 2.31 bits per heavy atom. The molecule has 0 bridgehead atoms. The average Bonchev–Trinajstić information content (AvgIpc) is 2.83. The van der Waals surface area contributed by atoms with Crippen LogP contribution in [0.25, 0.3) is 0 Å². The second kappa shape index (κ2) is 5.87. The highest BCUT2D eigenvalue weighted by Crippen LogP contribution is 2.19. The molecule has 84 valence electrons. The van der Waals surface area contributed by atoms with E-state index in [4.69, 9.17) is 16.3 Å². The maximum Gasteiger partial charge on any atom is 0.126 e. The van der Waals surface area contributed by atoms with Gasteiger partial charge in [-0.25, -0.2) is 0 Å². The number of pyridine rings is 1. The van der Waals surface area contributed by atoms with Crippen molar-refractivity contribution in [3.05, 3.63) is 46.4 Å². The molecule has 0 saturated carbocycles. The Labute approximate surface area is 104 Å². The van der Waals surface area contributed by atoms with Crippen molar-refractivity contribution in [1.82, 2.24) is 4.98 Å². The first-order chi connectivity index (χ1) is 7.90. The predicted octanol–water partition coefficient (Wildman–Crippen LogP) is 3.50. The van der Waals surface area contributed by atoms with Crippen molar-refractivity contribution in [3.63, 3.8) is 0 Å². The number of hydrogen-bond donors (Lipinski definition) is 0. The normalized spacial score (nSPS) is 10.3. The van der Waals surface area contributed by atoms with Gasteiger partial charge in [0.2, 0.25) is 0 Å². The van der Waals surface area contributed by atoms with Crippen LogP contribution in [0, 0.1) is 0 Å². The number of hydrogen-bond acceptors (Lipinski definition) is 3. The molecule has 2 aromatic heterocycles. The van der Waals surface area contributed by atoms with Gasteiger partial charge < -0.3 is 4.74 Å². The number of alkyl halides is 1. The van der Waals surface area contributed by atoms with Crippen LogP contribution in [-0.2, 0) is 12.3 Å². The highest BCUT2D eigenvalue weighted by atomic mass is 35.5. The second-order valence-corrected chi connectivity index (χ2v) is 4.59. The molecule has 0 unspecified atom stereocenters. The van der Waals surface area contributed by atoms with E-state index in [1.165, 1.54) is 4.88 Å². The van der Waals surface area contributed by atoms with Crippen LogP contribution in [0.1, 0.15) is 10.4 Å². The van der Waals surface area contributed by atoms with Gasteiger partial charge in [0.15, 0.2) is 0 Å². The zero-order chi connectivity index (χ0) is 11.2. The molecule has 2 heterocycles. The molecule has 0 radical (unpaired) electrons. The van der Waals surface area contributed by atoms with Gasteiger partial charge in [0, 0.05) is 29.3 Å². The van der Waals surface area contributed by atoms with Gasteiger partial charge in [-0.3, -0.25) is 4.98 Å². The third-order valence-electron chi connectivity index (χ3n) is 2.19. The second-order valence-electron chi connectivity index (χ2n) is 3.29. The van der Waals surface area contributed by atoms with Crippen LogP contribution in [0.4, 0.5) is 0 Å². The zero-order valence-corrected chi connectivity index (χ0v) is 10.3. The van der Waals surface area contributed by atoms with Crippen molar-refractivity contribution >= 4 is 22.9 Å². The summed E-state index contributed by atoms with van der Waals surface area (Å²) in [6.07, 6.45) is 4.39. The molecule has 2 nitrogen and oxygen atoms in total. The minimum Gasteiger partial charge on any atom is -0.493 e. The Morgan fingerprint density at radius 1 is 1.38 bits per heavy atom. The van der Waals surface area contributed by atoms with Crippen LogP contribution in [0.15, 0.2) is 36.0 Å². The lowest BCUT2D eigenvalue weighted by Gasteiger charge is -2.08. The average molecular weight is 254 g/mol. The summed E-state index contributed by atoms with van der Waals surface area (Å²) in [5, 5.41) is 2.08. The molecular weight excluding hydrogens is 242 g/mol. The van der Waals surface area contributed by atoms with E-state index >= 15 is 0 Å². The monoisotopic (exact) mass is 253 g/mol. The third-order valence-corrected chi connectivity index (χ3v) is 3.41. The Bertz CT molecular complexity index is 430. The molecule has 0 atom stereocenters. The van der Waals surface area contributed by atoms with E-state index in [9.17, 15) is 0 Å². The van der Waals surface area contributed by atoms with Gasteiger partial charge in [0.05, 0.1) is 12.5 Å². The van der Waals surface area contributed by atoms with Gasteiger partial charge in [0.1, 0.15) is 5.75 Å². The molecule has 4 heteroatoms. The molecule has 0 amide bonds. The standard InChI is InChI=1S/C12H12ClNOS/c13-8-10-9-14-5-3-12(10)15-6-4-11-2-1-7-16-11/h1-3,5,7,9H,4,6,8H2. The van der Waals surface area contributed by atoms with Crippen LogP contribution in [0.2, 0.25) is 0 Å². The van der Waals surface area contributed by atoms with Crippen LogP contribution >= 0.6 is 22.9 Å². The van der Waals surface area contributed by atoms with Gasteiger partial charge >= 0.3 is 0 Å². The van der Waals surface area contributed by atoms with Gasteiger partial charge in [-0.15, -0.1) is 22.9 Å². The fourth-order valence-corrected chi connectivity index (χ4v) is 2.26. The van der Waals surface area contributed by atoms with Crippen molar-refractivity contribution in [2.24, 2.45) is 0 Å². The summed E-state index contributed by atoms with van der Waals surface area (Å²) in [6, 6.07) is 6.02. The van der Waals surface area contributed by atoms with Crippen molar-refractivity contribution in [1.29, 1.82) is 0 Å². The first kappa shape index (κ1) is 11.4. The molecule has 2 aromatic rings. The van der Waals surface area contributed by atoms with Crippen LogP contribution in [0.3, 0.4) is 0 Å². The number of halogens is 1. The summed E-state index contributed by atoms with van der Waals surface area (Å²) in [5.74, 6) is 1.27. The van der Waals surface area contributed by atoms with Crippen molar-refractivity contribution < 1.29 is 4.74 Å². The van der Waals surface area contributed by atoms with Gasteiger partial charge in [0.25, 0.3) is 0 Å². The molecule has 0 aliphatic carbocycles. The Kier molecular flexibility index (Phi) is 4.19. The Morgan fingerprint density at radius 3 is 3.06 bits per heavy atom. The topological polar surface area (TPSA) is 22.1 Å². The number of thiophene rings is 1. The number of nitrogens with zero attached hydrogens (tertiary/aromatic N) is 1. The fourth-order valence-electron chi connectivity index (χ4n) is 1.37. The largest absolute Gasteiger partial charge is 0.493 e. The molecule has 2 rings (SSSR count). The molecule has 0 saturated heterocycles. The van der Waals surface area contributed by atoms with Gasteiger partial charge in [-0.05, 0) is 17.5 Å². The van der Waals surface area contributed by atoms with E-state index in [1.807, 2.05) is 6.07 Å². The molecule has 0 aromatic carbocycles. The van der Waals surface area contributed by atoms with Gasteiger partial charge in [-0.2, -0.15) is 0 Å². The van der Waals surface area contributed by atoms with E-state index in [2.05, 4.69) is 22.5 Å². The lowest BCUT2D eigenvalue weighted by atomic mass is 10.3. The first-order valence-electron chi connectivity index (χ1n) is 5.04. The molecule has 0 fully saturated rings.